The highest BCUT2D eigenvalue weighted by Crippen LogP contribution is 2.21. The van der Waals surface area contributed by atoms with Gasteiger partial charge in [-0.1, -0.05) is 26.7 Å². The molecule has 0 aromatic carbocycles. The lowest BCUT2D eigenvalue weighted by Gasteiger charge is -2.27. The number of aliphatic carboxylic acids is 1. The molecule has 1 aliphatic rings. The third kappa shape index (κ3) is 9.39. The number of rotatable bonds is 10. The number of halogens is 3. The van der Waals surface area contributed by atoms with Gasteiger partial charge in [-0.3, -0.25) is 4.79 Å². The second-order valence-electron chi connectivity index (χ2n) is 7.04. The Bertz CT molecular complexity index is 717. The number of carboxylic acids is 1. The zero-order valence-corrected chi connectivity index (χ0v) is 18.1. The van der Waals surface area contributed by atoms with Crippen molar-refractivity contribution in [2.24, 2.45) is 11.5 Å². The van der Waals surface area contributed by atoms with Crippen molar-refractivity contribution in [2.45, 2.75) is 69.0 Å². The highest BCUT2D eigenvalue weighted by Gasteiger charge is 2.48. The van der Waals surface area contributed by atoms with E-state index in [1.54, 1.807) is 0 Å². The van der Waals surface area contributed by atoms with Crippen LogP contribution >= 0.6 is 0 Å². The average molecular weight is 478 g/mol. The van der Waals surface area contributed by atoms with Crippen LogP contribution in [0.15, 0.2) is 0 Å². The molecule has 1 amide bonds. The van der Waals surface area contributed by atoms with Gasteiger partial charge in [0.15, 0.2) is 9.84 Å². The maximum Gasteiger partial charge on any atom is 0.490 e. The van der Waals surface area contributed by atoms with Crippen molar-refractivity contribution in [3.63, 3.8) is 0 Å². The van der Waals surface area contributed by atoms with E-state index in [4.69, 9.17) is 30.8 Å². The minimum absolute atomic E-state index is 0.196. The average Bonchev–Trinajstić information content (AvgIpc) is 3.13. The number of amides is 1. The second-order valence-corrected chi connectivity index (χ2v) is 9.32. The first kappa shape index (κ1) is 29.1. The largest absolute Gasteiger partial charge is 0.490 e. The van der Waals surface area contributed by atoms with Gasteiger partial charge in [-0.05, 0) is 12.8 Å². The Balaban J connectivity index is 0.00000110. The zero-order valence-electron chi connectivity index (χ0n) is 17.3. The van der Waals surface area contributed by atoms with E-state index in [1.807, 2.05) is 13.8 Å². The van der Waals surface area contributed by atoms with Crippen molar-refractivity contribution in [3.05, 3.63) is 0 Å². The molecule has 1 aliphatic heterocycles. The molecule has 0 spiro atoms. The van der Waals surface area contributed by atoms with Gasteiger partial charge >= 0.3 is 18.1 Å². The summed E-state index contributed by atoms with van der Waals surface area (Å²) in [7, 11) is -3.79. The molecule has 0 bridgehead atoms. The van der Waals surface area contributed by atoms with E-state index in [-0.39, 0.29) is 6.61 Å². The zero-order chi connectivity index (χ0) is 24.5. The lowest BCUT2D eigenvalue weighted by atomic mass is 10.0. The monoisotopic (exact) mass is 478 g/mol. The van der Waals surface area contributed by atoms with Crippen molar-refractivity contribution in [1.29, 1.82) is 0 Å². The van der Waals surface area contributed by atoms with Gasteiger partial charge in [0.2, 0.25) is 11.4 Å². The quantitative estimate of drug-likeness (QED) is 0.298. The summed E-state index contributed by atoms with van der Waals surface area (Å²) in [5.41, 5.74) is 8.66. The summed E-state index contributed by atoms with van der Waals surface area (Å²) in [6.07, 6.45) is -2.93. The fourth-order valence-corrected chi connectivity index (χ4v) is 5.00. The molecule has 0 aliphatic carbocycles. The third-order valence-electron chi connectivity index (χ3n) is 4.37. The van der Waals surface area contributed by atoms with Gasteiger partial charge < -0.3 is 26.0 Å². The molecule has 1 rings (SSSR count). The van der Waals surface area contributed by atoms with E-state index in [2.05, 4.69) is 0 Å². The molecule has 0 aromatic heterocycles. The number of nitrogens with two attached hydrogens (primary N) is 2. The summed E-state index contributed by atoms with van der Waals surface area (Å²) in [5.74, 6) is -5.91. The molecule has 1 fully saturated rings. The Labute approximate surface area is 178 Å². The number of alkyl halides is 3. The van der Waals surface area contributed by atoms with Crippen molar-refractivity contribution in [2.75, 3.05) is 19.0 Å². The molecule has 14 heteroatoms. The Morgan fingerprint density at radius 2 is 1.68 bits per heavy atom. The predicted octanol–water partition coefficient (Wildman–Crippen LogP) is 0.518. The van der Waals surface area contributed by atoms with Gasteiger partial charge in [-0.15, -0.1) is 0 Å². The van der Waals surface area contributed by atoms with Crippen molar-refractivity contribution >= 4 is 27.7 Å². The van der Waals surface area contributed by atoms with Crippen LogP contribution in [0.25, 0.3) is 0 Å². The first-order valence-electron chi connectivity index (χ1n) is 9.51. The number of carbonyl (C=O) groups excluding carboxylic acids is 2. The van der Waals surface area contributed by atoms with Crippen LogP contribution in [0.2, 0.25) is 0 Å². The van der Waals surface area contributed by atoms with Crippen LogP contribution in [0.5, 0.6) is 0 Å². The molecule has 2 atom stereocenters. The van der Waals surface area contributed by atoms with Crippen LogP contribution in [0.1, 0.15) is 46.0 Å². The first-order valence-corrected chi connectivity index (χ1v) is 11.2. The molecule has 10 nitrogen and oxygen atoms in total. The topological polar surface area (TPSA) is 176 Å². The van der Waals surface area contributed by atoms with E-state index in [0.29, 0.717) is 38.7 Å². The Morgan fingerprint density at radius 3 is 2.00 bits per heavy atom. The van der Waals surface area contributed by atoms with Gasteiger partial charge in [0, 0.05) is 6.42 Å². The van der Waals surface area contributed by atoms with Crippen molar-refractivity contribution < 1.29 is 50.6 Å². The maximum absolute atomic E-state index is 12.7. The number of primary amides is 1. The normalized spacial score (nSPS) is 18.6. The Kier molecular flexibility index (Phi) is 11.4. The number of hydrogen-bond acceptors (Lipinski definition) is 8. The minimum Gasteiger partial charge on any atom is -0.475 e. The SMILES string of the molecule is CCCC(CCC)S(=O)(=O)C[C@@](N)(C(N)=O)C(=O)O[C@H]1CCOC1.O=C(O)C(F)(F)F. The number of hydrogen-bond donors (Lipinski definition) is 3. The molecule has 1 heterocycles. The standard InChI is InChI=1S/C15H28N2O6S.C2HF3O2/c1-3-5-12(6-4-2)24(20,21)10-15(17,13(16)18)14(19)23-11-7-8-22-9-11;3-2(4,5)1(6)7/h11-12H,3-10,17H2,1-2H3,(H2,16,18);(H,6,7)/t11-,15+;/m0./s1. The molecule has 0 unspecified atom stereocenters. The highest BCUT2D eigenvalue weighted by atomic mass is 32.2. The van der Waals surface area contributed by atoms with E-state index in [9.17, 15) is 31.2 Å². The highest BCUT2D eigenvalue weighted by molar-refractivity contribution is 7.92. The molecule has 0 aromatic rings. The summed E-state index contributed by atoms with van der Waals surface area (Å²) in [5, 5.41) is 6.47. The lowest BCUT2D eigenvalue weighted by molar-refractivity contribution is -0.192. The maximum atomic E-state index is 12.7. The summed E-state index contributed by atoms with van der Waals surface area (Å²) in [6.45, 7) is 4.37. The summed E-state index contributed by atoms with van der Waals surface area (Å²) in [4.78, 5) is 33.0. The first-order chi connectivity index (χ1) is 14.1. The van der Waals surface area contributed by atoms with Gasteiger partial charge in [-0.25, -0.2) is 18.0 Å². The van der Waals surface area contributed by atoms with E-state index >= 15 is 0 Å². The fourth-order valence-electron chi connectivity index (χ4n) is 2.68. The summed E-state index contributed by atoms with van der Waals surface area (Å²) < 4.78 is 67.3. The number of carboxylic acid groups (broad SMARTS) is 1. The molecule has 5 N–H and O–H groups in total. The number of esters is 1. The van der Waals surface area contributed by atoms with Crippen LogP contribution in [0.3, 0.4) is 0 Å². The van der Waals surface area contributed by atoms with Gasteiger partial charge in [-0.2, -0.15) is 13.2 Å². The Hall–Kier alpha value is -1.93. The summed E-state index contributed by atoms with van der Waals surface area (Å²) >= 11 is 0. The molecular formula is C17H29F3N2O8S. The Morgan fingerprint density at radius 1 is 1.19 bits per heavy atom. The van der Waals surface area contributed by atoms with Crippen LogP contribution in [0.4, 0.5) is 13.2 Å². The van der Waals surface area contributed by atoms with Crippen LogP contribution in [0, 0.1) is 0 Å². The third-order valence-corrected chi connectivity index (χ3v) is 6.71. The summed E-state index contributed by atoms with van der Waals surface area (Å²) in [6, 6.07) is 0. The van der Waals surface area contributed by atoms with Gasteiger partial charge in [0.05, 0.1) is 24.2 Å². The molecule has 31 heavy (non-hydrogen) atoms. The smallest absolute Gasteiger partial charge is 0.475 e. The molecule has 0 saturated carbocycles. The van der Waals surface area contributed by atoms with E-state index < -0.39 is 56.5 Å². The number of sulfone groups is 1. The molecule has 182 valence electrons. The molecule has 0 radical (unpaired) electrons. The molecule has 1 saturated heterocycles. The van der Waals surface area contributed by atoms with Gasteiger partial charge in [0.1, 0.15) is 6.10 Å². The van der Waals surface area contributed by atoms with Crippen molar-refractivity contribution in [1.82, 2.24) is 0 Å². The number of carbonyl (C=O) groups is 3. The van der Waals surface area contributed by atoms with Crippen LogP contribution in [-0.4, -0.2) is 73.4 Å². The second kappa shape index (κ2) is 12.2. The van der Waals surface area contributed by atoms with Crippen LogP contribution in [-0.2, 0) is 33.7 Å². The lowest BCUT2D eigenvalue weighted by Crippen LogP contribution is -2.64. The predicted molar refractivity (Wildman–Crippen MR) is 103 cm³/mol. The molecular weight excluding hydrogens is 449 g/mol. The van der Waals surface area contributed by atoms with E-state index in [0.717, 1.165) is 0 Å². The van der Waals surface area contributed by atoms with Gasteiger partial charge in [0.25, 0.3) is 0 Å². The minimum atomic E-state index is -5.08. The fraction of sp³-hybridized carbons (Fsp3) is 0.824. The van der Waals surface area contributed by atoms with E-state index in [1.165, 1.54) is 0 Å². The van der Waals surface area contributed by atoms with Crippen molar-refractivity contribution in [3.8, 4) is 0 Å². The number of ether oxygens (including phenoxy) is 2. The van der Waals surface area contributed by atoms with Crippen LogP contribution < -0.4 is 11.5 Å².